The molecule has 0 N–H and O–H groups in total. The molecule has 0 aliphatic heterocycles. The largest absolute Gasteiger partial charge is 0.299 e. The molecule has 1 unspecified atom stereocenters. The molecule has 0 aliphatic rings. The number of hydrogen-bond donors (Lipinski definition) is 0. The highest BCUT2D eigenvalue weighted by atomic mass is 15.2. The second-order valence-electron chi connectivity index (χ2n) is 7.08. The molecule has 118 valence electrons. The first-order chi connectivity index (χ1) is 9.76. The van der Waals surface area contributed by atoms with Crippen molar-refractivity contribution in [3.8, 4) is 0 Å². The first kappa shape index (κ1) is 17.9. The lowest BCUT2D eigenvalue weighted by Gasteiger charge is -2.36. The summed E-state index contributed by atoms with van der Waals surface area (Å²) in [6.07, 6.45) is 4.00. The number of aromatic nitrogens is 1. The quantitative estimate of drug-likeness (QED) is 0.638. The van der Waals surface area contributed by atoms with E-state index in [2.05, 4.69) is 70.1 Å². The summed E-state index contributed by atoms with van der Waals surface area (Å²) >= 11 is 0. The van der Waals surface area contributed by atoms with Gasteiger partial charge in [0.1, 0.15) is 0 Å². The van der Waals surface area contributed by atoms with Crippen LogP contribution < -0.4 is 0 Å². The summed E-state index contributed by atoms with van der Waals surface area (Å²) in [7, 11) is 0. The van der Waals surface area contributed by atoms with Gasteiger partial charge in [-0.05, 0) is 66.1 Å². The predicted molar refractivity (Wildman–Crippen MR) is 92.6 cm³/mol. The van der Waals surface area contributed by atoms with E-state index in [1.54, 1.807) is 0 Å². The van der Waals surface area contributed by atoms with Crippen LogP contribution in [0.1, 0.15) is 60.1 Å². The van der Waals surface area contributed by atoms with Gasteiger partial charge in [0.2, 0.25) is 0 Å². The number of pyridine rings is 1. The molecule has 0 saturated carbocycles. The molecule has 1 rings (SSSR count). The molecule has 21 heavy (non-hydrogen) atoms. The van der Waals surface area contributed by atoms with Crippen molar-refractivity contribution in [3.05, 3.63) is 42.2 Å². The van der Waals surface area contributed by atoms with E-state index in [0.29, 0.717) is 12.1 Å². The van der Waals surface area contributed by atoms with E-state index in [-0.39, 0.29) is 5.41 Å². The predicted octanol–water partition coefficient (Wildman–Crippen LogP) is 4.81. The van der Waals surface area contributed by atoms with E-state index in [9.17, 15) is 0 Å². The minimum atomic E-state index is 0.0646. The van der Waals surface area contributed by atoms with Gasteiger partial charge in [-0.15, -0.1) is 6.58 Å². The van der Waals surface area contributed by atoms with E-state index in [4.69, 9.17) is 0 Å². The van der Waals surface area contributed by atoms with Gasteiger partial charge in [0.15, 0.2) is 0 Å². The van der Waals surface area contributed by atoms with Gasteiger partial charge in [-0.25, -0.2) is 0 Å². The average Bonchev–Trinajstić information content (AvgIpc) is 2.38. The molecule has 0 bridgehead atoms. The minimum Gasteiger partial charge on any atom is -0.299 e. The van der Waals surface area contributed by atoms with Crippen molar-refractivity contribution in [2.45, 2.75) is 71.9 Å². The molecular weight excluding hydrogens is 256 g/mol. The van der Waals surface area contributed by atoms with E-state index in [1.807, 2.05) is 12.3 Å². The Morgan fingerprint density at radius 3 is 2.29 bits per heavy atom. The summed E-state index contributed by atoms with van der Waals surface area (Å²) in [6, 6.07) is 7.37. The van der Waals surface area contributed by atoms with Crippen LogP contribution in [0.2, 0.25) is 0 Å². The highest BCUT2D eigenvalue weighted by Gasteiger charge is 2.29. The normalized spacial score (nSPS) is 14.7. The van der Waals surface area contributed by atoms with Gasteiger partial charge in [0.25, 0.3) is 0 Å². The SMILES string of the molecule is C=C(C)CC(C)(CCN(C(C)C)C(C)C)c1ccccn1. The summed E-state index contributed by atoms with van der Waals surface area (Å²) in [5, 5.41) is 0. The molecule has 2 nitrogen and oxygen atoms in total. The standard InChI is InChI=1S/C19H32N2/c1-15(2)14-19(7,18-10-8-9-12-20-18)11-13-21(16(3)4)17(5)6/h8-10,12,16-17H,1,11,13-14H2,2-7H3. The third-order valence-electron chi connectivity index (χ3n) is 4.22. The molecule has 1 heterocycles. The summed E-state index contributed by atoms with van der Waals surface area (Å²) in [5.41, 5.74) is 2.47. The fourth-order valence-corrected chi connectivity index (χ4v) is 3.18. The highest BCUT2D eigenvalue weighted by molar-refractivity contribution is 5.19. The summed E-state index contributed by atoms with van der Waals surface area (Å²) < 4.78 is 0. The topological polar surface area (TPSA) is 16.1 Å². The summed E-state index contributed by atoms with van der Waals surface area (Å²) in [6.45, 7) is 18.8. The van der Waals surface area contributed by atoms with Crippen LogP contribution in [-0.2, 0) is 5.41 Å². The zero-order valence-corrected chi connectivity index (χ0v) is 14.7. The van der Waals surface area contributed by atoms with E-state index >= 15 is 0 Å². The zero-order chi connectivity index (χ0) is 16.0. The van der Waals surface area contributed by atoms with E-state index in [1.165, 1.54) is 11.3 Å². The Hall–Kier alpha value is -1.15. The summed E-state index contributed by atoms with van der Waals surface area (Å²) in [5.74, 6) is 0. The van der Waals surface area contributed by atoms with Gasteiger partial charge in [-0.2, -0.15) is 0 Å². The van der Waals surface area contributed by atoms with Crippen LogP contribution in [-0.4, -0.2) is 28.5 Å². The lowest BCUT2D eigenvalue weighted by molar-refractivity contribution is 0.157. The zero-order valence-electron chi connectivity index (χ0n) is 14.7. The molecule has 0 spiro atoms. The maximum absolute atomic E-state index is 4.61. The third kappa shape index (κ3) is 5.28. The molecule has 0 aromatic carbocycles. The van der Waals surface area contributed by atoms with Gasteiger partial charge >= 0.3 is 0 Å². The van der Waals surface area contributed by atoms with Gasteiger partial charge in [0, 0.05) is 29.4 Å². The van der Waals surface area contributed by atoms with Gasteiger partial charge < -0.3 is 0 Å². The first-order valence-electron chi connectivity index (χ1n) is 8.08. The Bertz CT molecular complexity index is 428. The van der Waals surface area contributed by atoms with Crippen LogP contribution in [0.3, 0.4) is 0 Å². The third-order valence-corrected chi connectivity index (χ3v) is 4.22. The second kappa shape index (κ2) is 7.74. The Morgan fingerprint density at radius 1 is 1.24 bits per heavy atom. The molecule has 0 fully saturated rings. The second-order valence-corrected chi connectivity index (χ2v) is 7.08. The summed E-state index contributed by atoms with van der Waals surface area (Å²) in [4.78, 5) is 7.17. The van der Waals surface area contributed by atoms with Crippen LogP contribution in [0, 0.1) is 0 Å². The monoisotopic (exact) mass is 288 g/mol. The molecule has 0 amide bonds. The first-order valence-corrected chi connectivity index (χ1v) is 8.08. The van der Waals surface area contributed by atoms with Crippen molar-refractivity contribution >= 4 is 0 Å². The van der Waals surface area contributed by atoms with Crippen molar-refractivity contribution in [3.63, 3.8) is 0 Å². The lowest BCUT2D eigenvalue weighted by Crippen LogP contribution is -2.40. The van der Waals surface area contributed by atoms with Crippen molar-refractivity contribution in [2.75, 3.05) is 6.54 Å². The molecule has 0 aliphatic carbocycles. The molecule has 0 radical (unpaired) electrons. The van der Waals surface area contributed by atoms with E-state index in [0.717, 1.165) is 19.4 Å². The van der Waals surface area contributed by atoms with Crippen molar-refractivity contribution in [2.24, 2.45) is 0 Å². The number of rotatable bonds is 8. The maximum Gasteiger partial charge on any atom is 0.0466 e. The Labute approximate surface area is 131 Å². The van der Waals surface area contributed by atoms with Crippen LogP contribution in [0.4, 0.5) is 0 Å². The average molecular weight is 288 g/mol. The number of hydrogen-bond acceptors (Lipinski definition) is 2. The minimum absolute atomic E-state index is 0.0646. The van der Waals surface area contributed by atoms with Crippen LogP contribution in [0.15, 0.2) is 36.5 Å². The Balaban J connectivity index is 2.91. The molecule has 1 aromatic heterocycles. The molecule has 0 saturated heterocycles. The molecule has 1 aromatic rings. The van der Waals surface area contributed by atoms with Gasteiger partial charge in [0.05, 0.1) is 0 Å². The van der Waals surface area contributed by atoms with Crippen LogP contribution >= 0.6 is 0 Å². The van der Waals surface area contributed by atoms with Crippen LogP contribution in [0.25, 0.3) is 0 Å². The molecule has 2 heteroatoms. The van der Waals surface area contributed by atoms with Gasteiger partial charge in [-0.1, -0.05) is 18.6 Å². The smallest absolute Gasteiger partial charge is 0.0466 e. The fraction of sp³-hybridized carbons (Fsp3) is 0.632. The fourth-order valence-electron chi connectivity index (χ4n) is 3.18. The number of allylic oxidation sites excluding steroid dienone is 1. The van der Waals surface area contributed by atoms with Crippen LogP contribution in [0.5, 0.6) is 0 Å². The Morgan fingerprint density at radius 2 is 1.86 bits per heavy atom. The van der Waals surface area contributed by atoms with Crippen molar-refractivity contribution in [1.82, 2.24) is 9.88 Å². The maximum atomic E-state index is 4.61. The highest BCUT2D eigenvalue weighted by Crippen LogP contribution is 2.33. The molecular formula is C19H32N2. The van der Waals surface area contributed by atoms with Gasteiger partial charge in [-0.3, -0.25) is 9.88 Å². The number of nitrogens with zero attached hydrogens (tertiary/aromatic N) is 2. The molecule has 1 atom stereocenters. The van der Waals surface area contributed by atoms with Crippen molar-refractivity contribution < 1.29 is 0 Å². The Kier molecular flexibility index (Phi) is 6.60. The lowest BCUT2D eigenvalue weighted by atomic mass is 9.77. The van der Waals surface area contributed by atoms with Crippen molar-refractivity contribution in [1.29, 1.82) is 0 Å². The van der Waals surface area contributed by atoms with E-state index < -0.39 is 0 Å².